The van der Waals surface area contributed by atoms with Crippen molar-refractivity contribution in [3.05, 3.63) is 24.0 Å². The normalized spacial score (nSPS) is 24.4. The molecular weight excluding hydrogens is 309 g/mol. The first-order valence-corrected chi connectivity index (χ1v) is 7.74. The fraction of sp³-hybridized carbons (Fsp3) is 0.583. The molecule has 0 saturated carbocycles. The maximum Gasteiger partial charge on any atom is 0.433 e. The molecule has 0 unspecified atom stereocenters. The second-order valence-electron chi connectivity index (χ2n) is 5.12. The van der Waals surface area contributed by atoms with E-state index in [1.165, 1.54) is 4.31 Å². The number of halogens is 3. The van der Waals surface area contributed by atoms with Gasteiger partial charge >= 0.3 is 6.18 Å². The van der Waals surface area contributed by atoms with Crippen LogP contribution in [0.25, 0.3) is 0 Å². The number of sulfonamides is 1. The average molecular weight is 324 g/mol. The maximum absolute atomic E-state index is 12.4. The van der Waals surface area contributed by atoms with Crippen molar-refractivity contribution in [2.45, 2.75) is 18.0 Å². The molecule has 1 saturated heterocycles. The smallest absolute Gasteiger partial charge is 0.396 e. The Bertz CT molecular complexity index is 601. The van der Waals surface area contributed by atoms with E-state index >= 15 is 0 Å². The van der Waals surface area contributed by atoms with Crippen LogP contribution in [0.15, 0.2) is 23.2 Å². The van der Waals surface area contributed by atoms with Gasteiger partial charge in [0.15, 0.2) is 0 Å². The molecule has 0 amide bonds. The van der Waals surface area contributed by atoms with E-state index in [1.54, 1.807) is 0 Å². The first-order chi connectivity index (χ1) is 9.66. The van der Waals surface area contributed by atoms with E-state index < -0.39 is 21.9 Å². The predicted octanol–water partition coefficient (Wildman–Crippen LogP) is 1.35. The number of pyridine rings is 1. The Kier molecular flexibility index (Phi) is 4.27. The van der Waals surface area contributed by atoms with Crippen LogP contribution in [0.1, 0.15) is 12.6 Å². The molecule has 5 nitrogen and oxygen atoms in total. The summed E-state index contributed by atoms with van der Waals surface area (Å²) in [5.41, 5.74) is -1.13. The van der Waals surface area contributed by atoms with Gasteiger partial charge in [-0.1, -0.05) is 6.92 Å². The summed E-state index contributed by atoms with van der Waals surface area (Å²) in [5, 5.41) is 9.16. The van der Waals surface area contributed by atoms with E-state index in [9.17, 15) is 21.6 Å². The number of rotatable bonds is 3. The second kappa shape index (κ2) is 5.54. The van der Waals surface area contributed by atoms with Gasteiger partial charge in [-0.3, -0.25) is 4.98 Å². The van der Waals surface area contributed by atoms with Crippen LogP contribution in [-0.2, 0) is 16.2 Å². The number of nitrogens with zero attached hydrogens (tertiary/aromatic N) is 2. The van der Waals surface area contributed by atoms with Gasteiger partial charge in [-0.05, 0) is 24.0 Å². The van der Waals surface area contributed by atoms with Crippen LogP contribution in [0.3, 0.4) is 0 Å². The molecule has 1 aliphatic heterocycles. The molecule has 1 aliphatic rings. The third kappa shape index (κ3) is 3.19. The fourth-order valence-electron chi connectivity index (χ4n) is 2.27. The Morgan fingerprint density at radius 3 is 2.48 bits per heavy atom. The van der Waals surface area contributed by atoms with Crippen LogP contribution in [0, 0.1) is 11.8 Å². The van der Waals surface area contributed by atoms with E-state index in [1.807, 2.05) is 6.92 Å². The zero-order chi connectivity index (χ0) is 15.8. The highest BCUT2D eigenvalue weighted by molar-refractivity contribution is 7.89. The summed E-state index contributed by atoms with van der Waals surface area (Å²) < 4.78 is 63.1. The molecule has 0 bridgehead atoms. The number of aliphatic hydroxyl groups excluding tert-OH is 1. The van der Waals surface area contributed by atoms with E-state index in [-0.39, 0.29) is 36.4 Å². The highest BCUT2D eigenvalue weighted by Crippen LogP contribution is 2.30. The first kappa shape index (κ1) is 16.2. The van der Waals surface area contributed by atoms with Gasteiger partial charge in [0.2, 0.25) is 10.0 Å². The Labute approximate surface area is 120 Å². The average Bonchev–Trinajstić information content (AvgIpc) is 2.80. The lowest BCUT2D eigenvalue weighted by molar-refractivity contribution is -0.141. The van der Waals surface area contributed by atoms with Crippen LogP contribution in [0.5, 0.6) is 0 Å². The minimum Gasteiger partial charge on any atom is -0.396 e. The largest absolute Gasteiger partial charge is 0.433 e. The molecule has 1 N–H and O–H groups in total. The SMILES string of the molecule is C[C@@H]1CN(S(=O)(=O)c2ccc(C(F)(F)F)nc2)C[C@H]1CO. The molecule has 0 aliphatic carbocycles. The van der Waals surface area contributed by atoms with Crippen molar-refractivity contribution in [2.75, 3.05) is 19.7 Å². The fourth-order valence-corrected chi connectivity index (χ4v) is 3.81. The molecular formula is C12H15F3N2O3S. The number of hydrogen-bond acceptors (Lipinski definition) is 4. The Morgan fingerprint density at radius 1 is 1.38 bits per heavy atom. The number of aromatic nitrogens is 1. The Balaban J connectivity index is 2.25. The monoisotopic (exact) mass is 324 g/mol. The lowest BCUT2D eigenvalue weighted by atomic mass is 10.00. The second-order valence-corrected chi connectivity index (χ2v) is 7.06. The standard InChI is InChI=1S/C12H15F3N2O3S/c1-8-5-17(6-9(8)7-18)21(19,20)10-2-3-11(16-4-10)12(13,14)15/h2-4,8-9,18H,5-7H2,1H3/t8-,9+/m1/s1. The third-order valence-electron chi connectivity index (χ3n) is 3.63. The molecule has 0 aromatic carbocycles. The van der Waals surface area contributed by atoms with Crippen molar-refractivity contribution in [3.63, 3.8) is 0 Å². The number of hydrogen-bond donors (Lipinski definition) is 1. The van der Waals surface area contributed by atoms with E-state index in [2.05, 4.69) is 4.98 Å². The topological polar surface area (TPSA) is 70.5 Å². The van der Waals surface area contributed by atoms with E-state index in [0.717, 1.165) is 12.3 Å². The van der Waals surface area contributed by atoms with Crippen molar-refractivity contribution in [1.29, 1.82) is 0 Å². The van der Waals surface area contributed by atoms with Gasteiger partial charge in [0.1, 0.15) is 10.6 Å². The molecule has 1 aromatic rings. The summed E-state index contributed by atoms with van der Waals surface area (Å²) in [6.07, 6.45) is -3.89. The molecule has 1 fully saturated rings. The lowest BCUT2D eigenvalue weighted by Crippen LogP contribution is -2.29. The Morgan fingerprint density at radius 2 is 2.05 bits per heavy atom. The molecule has 2 atom stereocenters. The lowest BCUT2D eigenvalue weighted by Gasteiger charge is -2.16. The molecule has 21 heavy (non-hydrogen) atoms. The van der Waals surface area contributed by atoms with Crippen LogP contribution in [0.2, 0.25) is 0 Å². The summed E-state index contributed by atoms with van der Waals surface area (Å²) in [4.78, 5) is 2.89. The van der Waals surface area contributed by atoms with Gasteiger partial charge < -0.3 is 5.11 Å². The summed E-state index contributed by atoms with van der Waals surface area (Å²) in [7, 11) is -3.88. The molecule has 9 heteroatoms. The van der Waals surface area contributed by atoms with E-state index in [0.29, 0.717) is 6.07 Å². The first-order valence-electron chi connectivity index (χ1n) is 6.30. The Hall–Kier alpha value is -1.19. The van der Waals surface area contributed by atoms with Crippen molar-refractivity contribution in [3.8, 4) is 0 Å². The summed E-state index contributed by atoms with van der Waals surface area (Å²) in [5.74, 6) is -0.172. The molecule has 2 rings (SSSR count). The van der Waals surface area contributed by atoms with Gasteiger partial charge in [-0.25, -0.2) is 8.42 Å². The van der Waals surface area contributed by atoms with Crippen molar-refractivity contribution < 1.29 is 26.7 Å². The highest BCUT2D eigenvalue weighted by Gasteiger charge is 2.38. The van der Waals surface area contributed by atoms with Gasteiger partial charge in [0.25, 0.3) is 0 Å². The molecule has 118 valence electrons. The molecule has 2 heterocycles. The zero-order valence-electron chi connectivity index (χ0n) is 11.2. The van der Waals surface area contributed by atoms with Crippen LogP contribution in [-0.4, -0.2) is 42.5 Å². The van der Waals surface area contributed by atoms with Crippen LogP contribution < -0.4 is 0 Å². The number of alkyl halides is 3. The summed E-state index contributed by atoms with van der Waals surface area (Å²) in [6.45, 7) is 2.08. The van der Waals surface area contributed by atoms with Crippen LogP contribution >= 0.6 is 0 Å². The minimum atomic E-state index is -4.60. The van der Waals surface area contributed by atoms with E-state index in [4.69, 9.17) is 5.11 Å². The van der Waals surface area contributed by atoms with Crippen molar-refractivity contribution >= 4 is 10.0 Å². The molecule has 1 aromatic heterocycles. The van der Waals surface area contributed by atoms with Crippen molar-refractivity contribution in [2.24, 2.45) is 11.8 Å². The summed E-state index contributed by atoms with van der Waals surface area (Å²) in [6, 6.07) is 1.55. The molecule has 0 radical (unpaired) electrons. The van der Waals surface area contributed by atoms with Gasteiger partial charge in [-0.2, -0.15) is 17.5 Å². The summed E-state index contributed by atoms with van der Waals surface area (Å²) >= 11 is 0. The minimum absolute atomic E-state index is 0.00724. The number of aliphatic hydroxyl groups is 1. The quantitative estimate of drug-likeness (QED) is 0.911. The maximum atomic E-state index is 12.4. The molecule has 0 spiro atoms. The van der Waals surface area contributed by atoms with Gasteiger partial charge in [0.05, 0.1) is 0 Å². The highest BCUT2D eigenvalue weighted by atomic mass is 32.2. The zero-order valence-corrected chi connectivity index (χ0v) is 12.0. The van der Waals surface area contributed by atoms with Gasteiger partial charge in [-0.15, -0.1) is 0 Å². The van der Waals surface area contributed by atoms with Crippen molar-refractivity contribution in [1.82, 2.24) is 9.29 Å². The van der Waals surface area contributed by atoms with Gasteiger partial charge in [0, 0.05) is 25.9 Å². The third-order valence-corrected chi connectivity index (χ3v) is 5.45. The van der Waals surface area contributed by atoms with Crippen LogP contribution in [0.4, 0.5) is 13.2 Å². The predicted molar refractivity (Wildman–Crippen MR) is 67.7 cm³/mol.